The van der Waals surface area contributed by atoms with Crippen LogP contribution in [-0.4, -0.2) is 22.6 Å². The lowest BCUT2D eigenvalue weighted by Crippen LogP contribution is -2.22. The van der Waals surface area contributed by atoms with E-state index in [4.69, 9.17) is 26.1 Å². The molecule has 0 N–H and O–H groups in total. The smallest absolute Gasteiger partial charge is 0.309 e. The first-order valence-corrected chi connectivity index (χ1v) is 8.62. The van der Waals surface area contributed by atoms with Crippen LogP contribution in [0.15, 0.2) is 48.7 Å². The second-order valence-electron chi connectivity index (χ2n) is 6.22. The Balaban J connectivity index is 1.83. The highest BCUT2D eigenvalue weighted by molar-refractivity contribution is 6.30. The van der Waals surface area contributed by atoms with Gasteiger partial charge in [-0.25, -0.2) is 4.98 Å². The van der Waals surface area contributed by atoms with Crippen molar-refractivity contribution in [3.05, 3.63) is 65.1 Å². The molecule has 0 bridgehead atoms. The molecule has 0 radical (unpaired) electrons. The van der Waals surface area contributed by atoms with Crippen molar-refractivity contribution in [2.24, 2.45) is 0 Å². The number of aryl methyl sites for hydroxylation is 1. The van der Waals surface area contributed by atoms with Crippen LogP contribution in [0, 0.1) is 6.92 Å². The molecule has 0 amide bonds. The number of hydrogen-bond donors (Lipinski definition) is 0. The molecule has 3 aromatic rings. The van der Waals surface area contributed by atoms with Gasteiger partial charge in [0.25, 0.3) is 0 Å². The molecule has 1 aromatic heterocycles. The molecule has 0 fully saturated rings. The third-order valence-corrected chi connectivity index (χ3v) is 4.63. The number of methoxy groups -OCH3 is 1. The Labute approximate surface area is 156 Å². The minimum Gasteiger partial charge on any atom is -0.480 e. The van der Waals surface area contributed by atoms with E-state index in [1.165, 1.54) is 12.7 Å². The SMILES string of the molecule is COC(=O)C[C@@H]1Oc2ccc(Cl)cc2-n2cc(-c3ccc(C)cc3)nc21. The van der Waals surface area contributed by atoms with Crippen molar-refractivity contribution >= 4 is 17.6 Å². The fourth-order valence-electron chi connectivity index (χ4n) is 3.03. The van der Waals surface area contributed by atoms with Crippen LogP contribution in [-0.2, 0) is 9.53 Å². The fourth-order valence-corrected chi connectivity index (χ4v) is 3.20. The first kappa shape index (κ1) is 16.7. The van der Waals surface area contributed by atoms with E-state index in [9.17, 15) is 4.79 Å². The largest absolute Gasteiger partial charge is 0.480 e. The Bertz CT molecular complexity index is 979. The van der Waals surface area contributed by atoms with Gasteiger partial charge in [0.05, 0.1) is 24.9 Å². The normalized spacial score (nSPS) is 15.0. The molecular weight excluding hydrogens is 352 g/mol. The van der Waals surface area contributed by atoms with E-state index in [0.717, 1.165) is 16.9 Å². The van der Waals surface area contributed by atoms with Crippen molar-refractivity contribution in [1.29, 1.82) is 0 Å². The highest BCUT2D eigenvalue weighted by Crippen LogP contribution is 2.39. The van der Waals surface area contributed by atoms with Gasteiger partial charge in [-0.2, -0.15) is 0 Å². The summed E-state index contributed by atoms with van der Waals surface area (Å²) in [5, 5.41) is 0.607. The summed E-state index contributed by atoms with van der Waals surface area (Å²) in [5.74, 6) is 0.961. The number of carbonyl (C=O) groups is 1. The number of hydrogen-bond acceptors (Lipinski definition) is 4. The first-order valence-electron chi connectivity index (χ1n) is 8.25. The molecule has 2 aromatic carbocycles. The third-order valence-electron chi connectivity index (χ3n) is 4.40. The molecule has 132 valence electrons. The zero-order valence-electron chi connectivity index (χ0n) is 14.4. The van der Waals surface area contributed by atoms with E-state index < -0.39 is 6.10 Å². The molecule has 0 saturated carbocycles. The van der Waals surface area contributed by atoms with E-state index in [2.05, 4.69) is 0 Å². The number of rotatable bonds is 3. The summed E-state index contributed by atoms with van der Waals surface area (Å²) in [6, 6.07) is 13.5. The number of ether oxygens (including phenoxy) is 2. The Morgan fingerprint density at radius 2 is 2.04 bits per heavy atom. The third kappa shape index (κ3) is 2.95. The van der Waals surface area contributed by atoms with Gasteiger partial charge < -0.3 is 9.47 Å². The van der Waals surface area contributed by atoms with Gasteiger partial charge in [0, 0.05) is 16.8 Å². The monoisotopic (exact) mass is 368 g/mol. The Kier molecular flexibility index (Phi) is 4.17. The van der Waals surface area contributed by atoms with Crippen LogP contribution in [0.1, 0.15) is 23.9 Å². The molecule has 5 nitrogen and oxygen atoms in total. The lowest BCUT2D eigenvalue weighted by molar-refractivity contribution is -0.142. The fraction of sp³-hybridized carbons (Fsp3) is 0.200. The van der Waals surface area contributed by atoms with Crippen LogP contribution in [0.25, 0.3) is 16.9 Å². The molecule has 2 heterocycles. The van der Waals surface area contributed by atoms with Gasteiger partial charge in [0.1, 0.15) is 5.75 Å². The lowest BCUT2D eigenvalue weighted by atomic mass is 10.1. The predicted octanol–water partition coefficient (Wildman–Crippen LogP) is 4.50. The molecule has 1 aliphatic heterocycles. The quantitative estimate of drug-likeness (QED) is 0.639. The van der Waals surface area contributed by atoms with Crippen LogP contribution in [0.4, 0.5) is 0 Å². The number of halogens is 1. The molecule has 6 heteroatoms. The van der Waals surface area contributed by atoms with Gasteiger partial charge in [-0.15, -0.1) is 0 Å². The zero-order valence-corrected chi connectivity index (χ0v) is 15.2. The average molecular weight is 369 g/mol. The minimum atomic E-state index is -0.518. The van der Waals surface area contributed by atoms with Crippen LogP contribution in [0.5, 0.6) is 5.75 Å². The van der Waals surface area contributed by atoms with E-state index in [1.54, 1.807) is 12.1 Å². The van der Waals surface area contributed by atoms with Gasteiger partial charge >= 0.3 is 5.97 Å². The van der Waals surface area contributed by atoms with E-state index in [1.807, 2.05) is 48.0 Å². The lowest BCUT2D eigenvalue weighted by Gasteiger charge is -2.26. The van der Waals surface area contributed by atoms with Crippen molar-refractivity contribution in [2.45, 2.75) is 19.4 Å². The summed E-state index contributed by atoms with van der Waals surface area (Å²) in [5.41, 5.74) is 3.80. The maximum atomic E-state index is 11.8. The molecule has 0 saturated heterocycles. The van der Waals surface area contributed by atoms with Gasteiger partial charge in [-0.05, 0) is 25.1 Å². The number of imidazole rings is 1. The Morgan fingerprint density at radius 3 is 2.77 bits per heavy atom. The van der Waals surface area contributed by atoms with Gasteiger partial charge in [0.2, 0.25) is 0 Å². The molecular formula is C20H17ClN2O3. The maximum absolute atomic E-state index is 11.8. The molecule has 0 spiro atoms. The molecule has 1 aliphatic rings. The predicted molar refractivity (Wildman–Crippen MR) is 98.7 cm³/mol. The first-order chi connectivity index (χ1) is 12.5. The van der Waals surface area contributed by atoms with Crippen molar-refractivity contribution < 1.29 is 14.3 Å². The Hall–Kier alpha value is -2.79. The second-order valence-corrected chi connectivity index (χ2v) is 6.66. The summed E-state index contributed by atoms with van der Waals surface area (Å²) in [4.78, 5) is 16.5. The number of carbonyl (C=O) groups excluding carboxylic acids is 1. The highest BCUT2D eigenvalue weighted by Gasteiger charge is 2.31. The van der Waals surface area contributed by atoms with Crippen LogP contribution >= 0.6 is 11.6 Å². The van der Waals surface area contributed by atoms with Crippen molar-refractivity contribution in [1.82, 2.24) is 9.55 Å². The Morgan fingerprint density at radius 1 is 1.27 bits per heavy atom. The molecule has 26 heavy (non-hydrogen) atoms. The summed E-state index contributed by atoms with van der Waals surface area (Å²) in [6.07, 6.45) is 1.51. The van der Waals surface area contributed by atoms with E-state index in [-0.39, 0.29) is 12.4 Å². The molecule has 0 aliphatic carbocycles. The number of nitrogens with zero attached hydrogens (tertiary/aromatic N) is 2. The van der Waals surface area contributed by atoms with Crippen LogP contribution in [0.3, 0.4) is 0 Å². The second kappa shape index (κ2) is 6.50. The van der Waals surface area contributed by atoms with Gasteiger partial charge in [-0.3, -0.25) is 9.36 Å². The molecule has 0 unspecified atom stereocenters. The molecule has 1 atom stereocenters. The van der Waals surface area contributed by atoms with Crippen molar-refractivity contribution in [3.63, 3.8) is 0 Å². The number of benzene rings is 2. The summed E-state index contributed by atoms with van der Waals surface area (Å²) < 4.78 is 12.8. The van der Waals surface area contributed by atoms with Crippen molar-refractivity contribution in [2.75, 3.05) is 7.11 Å². The number of esters is 1. The van der Waals surface area contributed by atoms with Gasteiger partial charge in [-0.1, -0.05) is 41.4 Å². The number of fused-ring (bicyclic) bond motifs is 3. The van der Waals surface area contributed by atoms with Crippen LogP contribution < -0.4 is 4.74 Å². The van der Waals surface area contributed by atoms with Crippen molar-refractivity contribution in [3.8, 4) is 22.7 Å². The molecule has 4 rings (SSSR count). The van der Waals surface area contributed by atoms with Crippen LogP contribution in [0.2, 0.25) is 5.02 Å². The summed E-state index contributed by atoms with van der Waals surface area (Å²) >= 11 is 6.16. The zero-order chi connectivity index (χ0) is 18.3. The minimum absolute atomic E-state index is 0.0862. The average Bonchev–Trinajstić information content (AvgIpc) is 3.08. The van der Waals surface area contributed by atoms with E-state index in [0.29, 0.717) is 16.6 Å². The summed E-state index contributed by atoms with van der Waals surface area (Å²) in [6.45, 7) is 2.04. The topological polar surface area (TPSA) is 53.4 Å². The maximum Gasteiger partial charge on any atom is 0.309 e. The summed E-state index contributed by atoms with van der Waals surface area (Å²) in [7, 11) is 1.36. The highest BCUT2D eigenvalue weighted by atomic mass is 35.5. The van der Waals surface area contributed by atoms with Gasteiger partial charge in [0.15, 0.2) is 11.9 Å². The number of aromatic nitrogens is 2. The standard InChI is InChI=1S/C20H17ClN2O3/c1-12-3-5-13(6-4-12)15-11-23-16-9-14(21)7-8-17(16)26-18(20(23)22-15)10-19(24)25-2/h3-9,11,18H,10H2,1-2H3/t18-/m0/s1. The van der Waals surface area contributed by atoms with E-state index >= 15 is 0 Å².